The van der Waals surface area contributed by atoms with Crippen LogP contribution in [0, 0.1) is 11.3 Å². The van der Waals surface area contributed by atoms with E-state index in [2.05, 4.69) is 20.8 Å². The number of hydrogen-bond acceptors (Lipinski definition) is 2. The van der Waals surface area contributed by atoms with Crippen molar-refractivity contribution in [3.05, 3.63) is 0 Å². The summed E-state index contributed by atoms with van der Waals surface area (Å²) in [5, 5.41) is 8.73. The Labute approximate surface area is 122 Å². The Kier molecular flexibility index (Phi) is 6.50. The van der Waals surface area contributed by atoms with Crippen molar-refractivity contribution in [3.8, 4) is 0 Å². The van der Waals surface area contributed by atoms with Gasteiger partial charge in [-0.15, -0.1) is 0 Å². The molecule has 0 bridgehead atoms. The molecular formula is C16H29NO3. The van der Waals surface area contributed by atoms with Crippen molar-refractivity contribution in [2.45, 2.75) is 65.7 Å². The molecule has 1 amide bonds. The highest BCUT2D eigenvalue weighted by Gasteiger charge is 2.24. The Morgan fingerprint density at radius 2 is 1.95 bits per heavy atom. The summed E-state index contributed by atoms with van der Waals surface area (Å²) in [5.41, 5.74) is 0.284. The Hall–Kier alpha value is -1.06. The molecule has 1 rings (SSSR count). The monoisotopic (exact) mass is 283 g/mol. The predicted molar refractivity (Wildman–Crippen MR) is 79.5 cm³/mol. The molecule has 4 heteroatoms. The van der Waals surface area contributed by atoms with E-state index in [4.69, 9.17) is 5.11 Å². The second-order valence-corrected chi connectivity index (χ2v) is 7.19. The zero-order chi connectivity index (χ0) is 15.2. The zero-order valence-corrected chi connectivity index (χ0v) is 13.2. The van der Waals surface area contributed by atoms with Crippen LogP contribution in [0.2, 0.25) is 0 Å². The fourth-order valence-electron chi connectivity index (χ4n) is 2.78. The van der Waals surface area contributed by atoms with Gasteiger partial charge in [-0.1, -0.05) is 20.8 Å². The second kappa shape index (κ2) is 7.65. The Morgan fingerprint density at radius 3 is 2.55 bits per heavy atom. The van der Waals surface area contributed by atoms with Gasteiger partial charge in [0, 0.05) is 25.9 Å². The molecule has 0 aromatic carbocycles. The average Bonchev–Trinajstić information content (AvgIpc) is 2.35. The van der Waals surface area contributed by atoms with Gasteiger partial charge in [-0.05, 0) is 43.4 Å². The summed E-state index contributed by atoms with van der Waals surface area (Å²) in [6, 6.07) is 0. The van der Waals surface area contributed by atoms with Gasteiger partial charge in [0.1, 0.15) is 0 Å². The fourth-order valence-corrected chi connectivity index (χ4v) is 2.78. The summed E-state index contributed by atoms with van der Waals surface area (Å²) >= 11 is 0. The van der Waals surface area contributed by atoms with Crippen LogP contribution in [-0.2, 0) is 9.59 Å². The number of carboxylic acid groups (broad SMARTS) is 1. The van der Waals surface area contributed by atoms with Crippen LogP contribution in [0.5, 0.6) is 0 Å². The molecule has 1 saturated heterocycles. The van der Waals surface area contributed by atoms with Crippen molar-refractivity contribution in [1.82, 2.24) is 4.90 Å². The Morgan fingerprint density at radius 1 is 1.25 bits per heavy atom. The molecule has 0 aliphatic carbocycles. The first-order valence-corrected chi connectivity index (χ1v) is 7.77. The van der Waals surface area contributed by atoms with Crippen LogP contribution in [-0.4, -0.2) is 35.0 Å². The topological polar surface area (TPSA) is 57.6 Å². The van der Waals surface area contributed by atoms with E-state index >= 15 is 0 Å². The third-order valence-corrected chi connectivity index (χ3v) is 3.96. The van der Waals surface area contributed by atoms with E-state index in [9.17, 15) is 9.59 Å². The fraction of sp³-hybridized carbons (Fsp3) is 0.875. The van der Waals surface area contributed by atoms with Crippen LogP contribution >= 0.6 is 0 Å². The number of carboxylic acids is 1. The number of amides is 1. The third kappa shape index (κ3) is 6.92. The quantitative estimate of drug-likeness (QED) is 0.813. The molecule has 0 radical (unpaired) electrons. The van der Waals surface area contributed by atoms with Gasteiger partial charge in [-0.25, -0.2) is 0 Å². The molecule has 20 heavy (non-hydrogen) atoms. The number of hydrogen-bond donors (Lipinski definition) is 1. The van der Waals surface area contributed by atoms with Gasteiger partial charge in [0.05, 0.1) is 0 Å². The molecule has 0 aromatic rings. The third-order valence-electron chi connectivity index (χ3n) is 3.96. The zero-order valence-electron chi connectivity index (χ0n) is 13.2. The summed E-state index contributed by atoms with van der Waals surface area (Å²) in [6.07, 6.45) is 5.61. The molecule has 1 fully saturated rings. The van der Waals surface area contributed by atoms with E-state index in [1.165, 1.54) is 0 Å². The predicted octanol–water partition coefficient (Wildman–Crippen LogP) is 3.31. The minimum absolute atomic E-state index is 0.219. The van der Waals surface area contributed by atoms with Crippen LogP contribution in [0.25, 0.3) is 0 Å². The van der Waals surface area contributed by atoms with Crippen molar-refractivity contribution in [2.75, 3.05) is 13.1 Å². The van der Waals surface area contributed by atoms with Crippen molar-refractivity contribution in [2.24, 2.45) is 11.3 Å². The van der Waals surface area contributed by atoms with E-state index in [0.29, 0.717) is 18.8 Å². The molecule has 0 spiro atoms. The van der Waals surface area contributed by atoms with Crippen molar-refractivity contribution in [3.63, 3.8) is 0 Å². The molecule has 0 saturated carbocycles. The minimum atomic E-state index is -0.737. The van der Waals surface area contributed by atoms with Gasteiger partial charge in [-0.3, -0.25) is 9.59 Å². The first kappa shape index (κ1) is 17.0. The van der Waals surface area contributed by atoms with Crippen LogP contribution < -0.4 is 0 Å². The summed E-state index contributed by atoms with van der Waals surface area (Å²) in [5.74, 6) is -0.126. The molecule has 1 aliphatic heterocycles. The van der Waals surface area contributed by atoms with E-state index in [-0.39, 0.29) is 17.7 Å². The van der Waals surface area contributed by atoms with E-state index in [1.54, 1.807) is 0 Å². The van der Waals surface area contributed by atoms with Gasteiger partial charge in [-0.2, -0.15) is 0 Å². The van der Waals surface area contributed by atoms with Gasteiger partial charge < -0.3 is 10.0 Å². The molecule has 1 heterocycles. The lowest BCUT2D eigenvalue weighted by Crippen LogP contribution is -2.40. The summed E-state index contributed by atoms with van der Waals surface area (Å²) in [4.78, 5) is 24.7. The first-order valence-electron chi connectivity index (χ1n) is 7.77. The molecule has 1 aliphatic rings. The maximum Gasteiger partial charge on any atom is 0.303 e. The van der Waals surface area contributed by atoms with Crippen molar-refractivity contribution >= 4 is 11.9 Å². The summed E-state index contributed by atoms with van der Waals surface area (Å²) < 4.78 is 0. The number of likely N-dealkylation sites (tertiary alicyclic amines) is 1. The van der Waals surface area contributed by atoms with Crippen molar-refractivity contribution in [1.29, 1.82) is 0 Å². The molecule has 1 atom stereocenters. The SMILES string of the molecule is CC(C)(C)CCCC(=O)N1CCCC(CCC(=O)O)C1. The van der Waals surface area contributed by atoms with E-state index in [0.717, 1.165) is 38.8 Å². The van der Waals surface area contributed by atoms with Crippen LogP contribution in [0.3, 0.4) is 0 Å². The highest BCUT2D eigenvalue weighted by Crippen LogP contribution is 2.24. The number of rotatable bonds is 6. The van der Waals surface area contributed by atoms with E-state index in [1.807, 2.05) is 4.90 Å². The molecule has 0 aromatic heterocycles. The van der Waals surface area contributed by atoms with Crippen LogP contribution in [0.4, 0.5) is 0 Å². The Balaban J connectivity index is 2.31. The number of piperidine rings is 1. The number of carbonyl (C=O) groups excluding carboxylic acids is 1. The van der Waals surface area contributed by atoms with E-state index < -0.39 is 5.97 Å². The maximum atomic E-state index is 12.2. The van der Waals surface area contributed by atoms with Gasteiger partial charge in [0.15, 0.2) is 0 Å². The summed E-state index contributed by atoms with van der Waals surface area (Å²) in [7, 11) is 0. The first-order chi connectivity index (χ1) is 9.28. The molecule has 4 nitrogen and oxygen atoms in total. The number of aliphatic carboxylic acids is 1. The standard InChI is InChI=1S/C16H29NO3/c1-16(2,3)10-4-7-14(18)17-11-5-6-13(12-17)8-9-15(19)20/h13H,4-12H2,1-3H3,(H,19,20). The average molecular weight is 283 g/mol. The highest BCUT2D eigenvalue weighted by molar-refractivity contribution is 5.76. The minimum Gasteiger partial charge on any atom is -0.481 e. The lowest BCUT2D eigenvalue weighted by atomic mass is 9.89. The van der Waals surface area contributed by atoms with Gasteiger partial charge in [0.2, 0.25) is 5.91 Å². The van der Waals surface area contributed by atoms with Crippen LogP contribution in [0.15, 0.2) is 0 Å². The molecule has 1 unspecified atom stereocenters. The van der Waals surface area contributed by atoms with Gasteiger partial charge in [0.25, 0.3) is 0 Å². The number of carbonyl (C=O) groups is 2. The Bertz CT molecular complexity index is 333. The highest BCUT2D eigenvalue weighted by atomic mass is 16.4. The lowest BCUT2D eigenvalue weighted by molar-refractivity contribution is -0.137. The molecule has 1 N–H and O–H groups in total. The summed E-state index contributed by atoms with van der Waals surface area (Å²) in [6.45, 7) is 8.18. The largest absolute Gasteiger partial charge is 0.481 e. The molecular weight excluding hydrogens is 254 g/mol. The lowest BCUT2D eigenvalue weighted by Gasteiger charge is -2.33. The maximum absolute atomic E-state index is 12.2. The smallest absolute Gasteiger partial charge is 0.303 e. The second-order valence-electron chi connectivity index (χ2n) is 7.19. The van der Waals surface area contributed by atoms with Crippen LogP contribution in [0.1, 0.15) is 65.7 Å². The molecule has 116 valence electrons. The normalized spacial score (nSPS) is 19.9. The van der Waals surface area contributed by atoms with Gasteiger partial charge >= 0.3 is 5.97 Å². The number of nitrogens with zero attached hydrogens (tertiary/aromatic N) is 1. The van der Waals surface area contributed by atoms with Crippen molar-refractivity contribution < 1.29 is 14.7 Å².